The molecule has 2 aromatic heterocycles. The molecule has 3 rings (SSSR count). The fourth-order valence-corrected chi connectivity index (χ4v) is 2.24. The number of pyridine rings is 1. The number of nitro groups is 1. The fraction of sp³-hybridized carbons (Fsp3) is 0.462. The van der Waals surface area contributed by atoms with Gasteiger partial charge in [0.05, 0.1) is 17.4 Å². The molecule has 0 saturated carbocycles. The van der Waals surface area contributed by atoms with Crippen LogP contribution in [0.1, 0.15) is 27.7 Å². The molecule has 0 atom stereocenters. The van der Waals surface area contributed by atoms with Gasteiger partial charge in [-0.2, -0.15) is 4.40 Å². The van der Waals surface area contributed by atoms with Crippen LogP contribution in [0.25, 0.3) is 5.65 Å². The van der Waals surface area contributed by atoms with Crippen molar-refractivity contribution < 1.29 is 14.2 Å². The zero-order valence-corrected chi connectivity index (χ0v) is 12.4. The van der Waals surface area contributed by atoms with E-state index in [4.69, 9.17) is 9.31 Å². The van der Waals surface area contributed by atoms with E-state index in [0.29, 0.717) is 5.65 Å². The zero-order chi connectivity index (χ0) is 15.4. The van der Waals surface area contributed by atoms with Crippen molar-refractivity contribution in [2.75, 3.05) is 0 Å². The van der Waals surface area contributed by atoms with Gasteiger partial charge in [0.2, 0.25) is 5.65 Å². The van der Waals surface area contributed by atoms with E-state index in [9.17, 15) is 10.1 Å². The summed E-state index contributed by atoms with van der Waals surface area (Å²) >= 11 is 0. The van der Waals surface area contributed by atoms with Crippen LogP contribution in [0.5, 0.6) is 0 Å². The summed E-state index contributed by atoms with van der Waals surface area (Å²) in [6.07, 6.45) is 2.88. The highest BCUT2D eigenvalue weighted by Gasteiger charge is 2.52. The molecule has 8 heteroatoms. The molecule has 0 radical (unpaired) electrons. The first kappa shape index (κ1) is 14.0. The van der Waals surface area contributed by atoms with Crippen LogP contribution in [0.4, 0.5) is 5.82 Å². The molecule has 0 bridgehead atoms. The minimum absolute atomic E-state index is 0.0802. The Morgan fingerprint density at radius 3 is 2.43 bits per heavy atom. The first-order valence-corrected chi connectivity index (χ1v) is 6.68. The van der Waals surface area contributed by atoms with Gasteiger partial charge in [0.1, 0.15) is 6.20 Å². The van der Waals surface area contributed by atoms with Crippen molar-refractivity contribution in [2.24, 2.45) is 0 Å². The molecule has 7 nitrogen and oxygen atoms in total. The summed E-state index contributed by atoms with van der Waals surface area (Å²) in [5, 5.41) is 11.0. The van der Waals surface area contributed by atoms with Crippen LogP contribution in [-0.4, -0.2) is 32.6 Å². The largest absolute Gasteiger partial charge is 0.498 e. The summed E-state index contributed by atoms with van der Waals surface area (Å²) in [6, 6.07) is 3.53. The van der Waals surface area contributed by atoms with Gasteiger partial charge in [0.25, 0.3) is 0 Å². The lowest BCUT2D eigenvalue weighted by molar-refractivity contribution is -0.390. The van der Waals surface area contributed by atoms with Crippen molar-refractivity contribution in [3.63, 3.8) is 0 Å². The van der Waals surface area contributed by atoms with Crippen LogP contribution in [0.3, 0.4) is 0 Å². The average molecular weight is 289 g/mol. The average Bonchev–Trinajstić information content (AvgIpc) is 2.87. The molecule has 0 amide bonds. The minimum atomic E-state index is -0.554. The van der Waals surface area contributed by atoms with E-state index < -0.39 is 23.2 Å². The van der Waals surface area contributed by atoms with Gasteiger partial charge in [0, 0.05) is 11.5 Å². The summed E-state index contributed by atoms with van der Waals surface area (Å²) in [5.41, 5.74) is 0.338. The predicted molar refractivity (Wildman–Crippen MR) is 77.6 cm³/mol. The number of imidazole rings is 1. The van der Waals surface area contributed by atoms with E-state index in [1.54, 1.807) is 12.3 Å². The van der Waals surface area contributed by atoms with Gasteiger partial charge in [-0.1, -0.05) is 6.07 Å². The Bertz CT molecular complexity index is 709. The van der Waals surface area contributed by atoms with Crippen LogP contribution in [0.15, 0.2) is 24.5 Å². The van der Waals surface area contributed by atoms with Gasteiger partial charge < -0.3 is 19.4 Å². The molecular formula is C13H16BN3O4. The first-order chi connectivity index (χ1) is 9.71. The summed E-state index contributed by atoms with van der Waals surface area (Å²) in [6.45, 7) is 7.85. The smallest absolute Gasteiger partial charge is 0.399 e. The Morgan fingerprint density at radius 1 is 1.24 bits per heavy atom. The fourth-order valence-electron chi connectivity index (χ4n) is 2.24. The third-order valence-corrected chi connectivity index (χ3v) is 4.22. The van der Waals surface area contributed by atoms with E-state index in [-0.39, 0.29) is 5.82 Å². The van der Waals surface area contributed by atoms with Gasteiger partial charge in [-0.15, -0.1) is 0 Å². The number of nitrogens with zero attached hydrogens (tertiary/aromatic N) is 3. The second-order valence-corrected chi connectivity index (χ2v) is 6.15. The second-order valence-electron chi connectivity index (χ2n) is 6.15. The molecule has 0 N–H and O–H groups in total. The highest BCUT2D eigenvalue weighted by atomic mass is 16.7. The quantitative estimate of drug-likeness (QED) is 0.476. The third-order valence-electron chi connectivity index (χ3n) is 4.22. The first-order valence-electron chi connectivity index (χ1n) is 6.68. The third kappa shape index (κ3) is 2.11. The Hall–Kier alpha value is -1.93. The summed E-state index contributed by atoms with van der Waals surface area (Å²) < 4.78 is 13.3. The Morgan fingerprint density at radius 2 is 1.86 bits per heavy atom. The minimum Gasteiger partial charge on any atom is -0.399 e. The lowest BCUT2D eigenvalue weighted by atomic mass is 9.80. The van der Waals surface area contributed by atoms with Gasteiger partial charge in [-0.3, -0.25) is 0 Å². The van der Waals surface area contributed by atoms with Crippen LogP contribution in [0.2, 0.25) is 0 Å². The van der Waals surface area contributed by atoms with Crippen molar-refractivity contribution >= 4 is 24.0 Å². The predicted octanol–water partition coefficient (Wildman–Crippen LogP) is 1.54. The highest BCUT2D eigenvalue weighted by molar-refractivity contribution is 6.62. The maximum atomic E-state index is 11.0. The summed E-state index contributed by atoms with van der Waals surface area (Å²) in [4.78, 5) is 14.5. The molecule has 1 fully saturated rings. The molecular weight excluding hydrogens is 273 g/mol. The van der Waals surface area contributed by atoms with Gasteiger partial charge in [-0.25, -0.2) is 4.98 Å². The normalized spacial score (nSPS) is 20.1. The lowest BCUT2D eigenvalue weighted by Crippen LogP contribution is -2.41. The van der Waals surface area contributed by atoms with Gasteiger partial charge in [0.15, 0.2) is 0 Å². The monoisotopic (exact) mass is 289 g/mol. The topological polar surface area (TPSA) is 78.9 Å². The summed E-state index contributed by atoms with van der Waals surface area (Å²) in [7, 11) is -0.554. The molecule has 0 spiro atoms. The molecule has 3 heterocycles. The highest BCUT2D eigenvalue weighted by Crippen LogP contribution is 2.36. The van der Waals surface area contributed by atoms with E-state index in [0.717, 1.165) is 5.46 Å². The maximum Gasteiger partial charge on any atom is 0.498 e. The Balaban J connectivity index is 2.03. The molecule has 21 heavy (non-hydrogen) atoms. The standard InChI is InChI=1S/C13H16BN3O4/c1-12(2)13(3,4)21-14(20-12)9-5-6-10-15-7-11(17(18)19)16(10)8-9/h5-8H,1-4H3. The van der Waals surface area contributed by atoms with E-state index in [2.05, 4.69) is 4.98 Å². The van der Waals surface area contributed by atoms with Crippen LogP contribution >= 0.6 is 0 Å². The van der Waals surface area contributed by atoms with Crippen molar-refractivity contribution in [1.82, 2.24) is 9.38 Å². The maximum absolute atomic E-state index is 11.0. The van der Waals surface area contributed by atoms with Gasteiger partial charge >= 0.3 is 12.9 Å². The lowest BCUT2D eigenvalue weighted by Gasteiger charge is -2.32. The molecule has 1 aliphatic heterocycles. The summed E-state index contributed by atoms with van der Waals surface area (Å²) in [5.74, 6) is -0.0802. The Kier molecular flexibility index (Phi) is 2.86. The van der Waals surface area contributed by atoms with Crippen molar-refractivity contribution in [3.8, 4) is 0 Å². The number of hydrogen-bond donors (Lipinski definition) is 0. The Labute approximate surface area is 122 Å². The number of aromatic nitrogens is 2. The number of rotatable bonds is 2. The van der Waals surface area contributed by atoms with E-state index in [1.807, 2.05) is 33.8 Å². The van der Waals surface area contributed by atoms with E-state index >= 15 is 0 Å². The SMILES string of the molecule is CC1(C)OB(c2ccc3ncc([N+](=O)[O-])n3c2)OC1(C)C. The van der Waals surface area contributed by atoms with Crippen molar-refractivity contribution in [1.29, 1.82) is 0 Å². The molecule has 110 valence electrons. The second kappa shape index (κ2) is 4.28. The molecule has 1 saturated heterocycles. The number of fused-ring (bicyclic) bond motifs is 1. The van der Waals surface area contributed by atoms with Crippen molar-refractivity contribution in [3.05, 3.63) is 34.6 Å². The molecule has 0 unspecified atom stereocenters. The van der Waals surface area contributed by atoms with Gasteiger partial charge in [-0.05, 0) is 32.6 Å². The molecule has 2 aromatic rings. The van der Waals surface area contributed by atoms with Crippen LogP contribution < -0.4 is 5.46 Å². The molecule has 0 aromatic carbocycles. The zero-order valence-electron chi connectivity index (χ0n) is 12.4. The van der Waals surface area contributed by atoms with E-state index in [1.165, 1.54) is 10.6 Å². The molecule has 0 aliphatic carbocycles. The van der Waals surface area contributed by atoms with Crippen LogP contribution in [0, 0.1) is 10.1 Å². The van der Waals surface area contributed by atoms with Crippen LogP contribution in [-0.2, 0) is 9.31 Å². The molecule has 1 aliphatic rings. The van der Waals surface area contributed by atoms with Crippen molar-refractivity contribution in [2.45, 2.75) is 38.9 Å². The number of hydrogen-bond acceptors (Lipinski definition) is 5.